The molecular formula is C16H22F3O3Si. The minimum atomic E-state index is -1.17. The van der Waals surface area contributed by atoms with Crippen LogP contribution in [0.3, 0.4) is 0 Å². The Hall–Kier alpha value is -0.893. The molecule has 0 aliphatic rings. The topological polar surface area (TPSA) is 27.7 Å². The number of ether oxygens (including phenoxy) is 2. The Morgan fingerprint density at radius 1 is 0.913 bits per heavy atom. The Labute approximate surface area is 138 Å². The van der Waals surface area contributed by atoms with Gasteiger partial charge in [0, 0.05) is 25.7 Å². The fraction of sp³-hybridized carbons (Fsp3) is 0.625. The summed E-state index contributed by atoms with van der Waals surface area (Å²) < 4.78 is 55.6. The molecule has 0 spiro atoms. The van der Waals surface area contributed by atoms with Crippen LogP contribution in [-0.4, -0.2) is 29.7 Å². The molecule has 0 aromatic heterocycles. The van der Waals surface area contributed by atoms with Crippen molar-refractivity contribution in [2.75, 3.05) is 13.2 Å². The Kier molecular flexibility index (Phi) is 8.83. The van der Waals surface area contributed by atoms with Gasteiger partial charge in [-0.05, 0) is 44.7 Å². The fourth-order valence-corrected chi connectivity index (χ4v) is 2.54. The monoisotopic (exact) mass is 347 g/mol. The summed E-state index contributed by atoms with van der Waals surface area (Å²) >= 11 is 0. The Balaban J connectivity index is 2.43. The zero-order valence-electron chi connectivity index (χ0n) is 13.5. The number of hydrogen-bond donors (Lipinski definition) is 0. The van der Waals surface area contributed by atoms with E-state index in [0.29, 0.717) is 38.5 Å². The number of aryl methyl sites for hydroxylation is 1. The van der Waals surface area contributed by atoms with Crippen molar-refractivity contribution in [3.8, 4) is 0 Å². The number of halogens is 3. The molecule has 0 atom stereocenters. The molecule has 3 radical (unpaired) electrons. The van der Waals surface area contributed by atoms with Gasteiger partial charge in [0.1, 0.15) is 5.82 Å². The lowest BCUT2D eigenvalue weighted by Gasteiger charge is -2.31. The molecule has 129 valence electrons. The van der Waals surface area contributed by atoms with Crippen LogP contribution in [0.2, 0.25) is 0 Å². The fourth-order valence-electron chi connectivity index (χ4n) is 2.32. The zero-order valence-corrected chi connectivity index (χ0v) is 14.5. The highest BCUT2D eigenvalue weighted by Crippen LogP contribution is 2.23. The van der Waals surface area contributed by atoms with E-state index in [1.54, 1.807) is 0 Å². The SMILES string of the molecule is CCOC(CCCCCc1cc(F)c(F)cc1F)(O[Si])OCC. The van der Waals surface area contributed by atoms with Crippen LogP contribution >= 0.6 is 0 Å². The summed E-state index contributed by atoms with van der Waals surface area (Å²) in [6.45, 7) is 4.55. The minimum absolute atomic E-state index is 0.182. The summed E-state index contributed by atoms with van der Waals surface area (Å²) in [4.78, 5) is 0. The standard InChI is InChI=1S/C16H22F3O3Si/c1-3-20-16(22-23,21-4-2)9-7-5-6-8-12-10-14(18)15(19)11-13(12)17/h10-11H,3-9H2,1-2H3. The molecule has 1 aromatic rings. The van der Waals surface area contributed by atoms with Gasteiger partial charge in [-0.2, -0.15) is 0 Å². The predicted octanol–water partition coefficient (Wildman–Crippen LogP) is 4.03. The van der Waals surface area contributed by atoms with Gasteiger partial charge in [-0.3, -0.25) is 0 Å². The van der Waals surface area contributed by atoms with E-state index in [2.05, 4.69) is 10.5 Å². The first-order valence-corrected chi connectivity index (χ1v) is 8.15. The van der Waals surface area contributed by atoms with Crippen molar-refractivity contribution in [2.45, 2.75) is 51.9 Å². The molecule has 0 bridgehead atoms. The summed E-state index contributed by atoms with van der Waals surface area (Å²) in [5.74, 6) is -4.04. The molecule has 1 rings (SSSR count). The molecule has 3 nitrogen and oxygen atoms in total. The molecule has 0 heterocycles. The summed E-state index contributed by atoms with van der Waals surface area (Å²) in [6, 6.07) is 1.50. The molecule has 0 saturated carbocycles. The van der Waals surface area contributed by atoms with Crippen molar-refractivity contribution < 1.29 is 27.1 Å². The summed E-state index contributed by atoms with van der Waals surface area (Å²) in [5.41, 5.74) is 0.182. The molecule has 0 saturated heterocycles. The maximum atomic E-state index is 13.5. The number of rotatable bonds is 11. The van der Waals surface area contributed by atoms with E-state index < -0.39 is 23.4 Å². The average molecular weight is 347 g/mol. The summed E-state index contributed by atoms with van der Waals surface area (Å²) in [5, 5.41) is 0. The molecule has 0 N–H and O–H groups in total. The van der Waals surface area contributed by atoms with Gasteiger partial charge in [0.25, 0.3) is 16.5 Å². The van der Waals surface area contributed by atoms with Crippen LogP contribution in [0.1, 0.15) is 45.1 Å². The molecule has 23 heavy (non-hydrogen) atoms. The van der Waals surface area contributed by atoms with Crippen molar-refractivity contribution in [2.24, 2.45) is 0 Å². The third-order valence-corrected chi connectivity index (χ3v) is 3.71. The van der Waals surface area contributed by atoms with E-state index in [0.717, 1.165) is 18.9 Å². The third-order valence-electron chi connectivity index (χ3n) is 3.40. The first-order valence-electron chi connectivity index (χ1n) is 7.74. The van der Waals surface area contributed by atoms with Crippen LogP contribution in [0.5, 0.6) is 0 Å². The van der Waals surface area contributed by atoms with Crippen molar-refractivity contribution in [1.29, 1.82) is 0 Å². The number of benzene rings is 1. The van der Waals surface area contributed by atoms with Gasteiger partial charge < -0.3 is 13.9 Å². The van der Waals surface area contributed by atoms with Gasteiger partial charge in [-0.1, -0.05) is 6.42 Å². The molecule has 0 unspecified atom stereocenters. The first-order chi connectivity index (χ1) is 11.0. The largest absolute Gasteiger partial charge is 0.371 e. The molecular weight excluding hydrogens is 325 g/mol. The van der Waals surface area contributed by atoms with Crippen LogP contribution in [0, 0.1) is 17.5 Å². The van der Waals surface area contributed by atoms with Crippen molar-refractivity contribution >= 4 is 10.5 Å². The quantitative estimate of drug-likeness (QED) is 0.262. The lowest BCUT2D eigenvalue weighted by atomic mass is 10.0. The second-order valence-corrected chi connectivity index (χ2v) is 5.27. The maximum absolute atomic E-state index is 13.5. The number of hydrogen-bond acceptors (Lipinski definition) is 3. The average Bonchev–Trinajstić information content (AvgIpc) is 2.52. The lowest BCUT2D eigenvalue weighted by Crippen LogP contribution is -2.38. The Bertz CT molecular complexity index is 480. The van der Waals surface area contributed by atoms with E-state index >= 15 is 0 Å². The molecule has 0 aliphatic carbocycles. The van der Waals surface area contributed by atoms with Gasteiger partial charge in [-0.15, -0.1) is 0 Å². The minimum Gasteiger partial charge on any atom is -0.371 e. The highest BCUT2D eigenvalue weighted by molar-refractivity contribution is 5.98. The van der Waals surface area contributed by atoms with E-state index in [4.69, 9.17) is 13.9 Å². The maximum Gasteiger partial charge on any atom is 0.272 e. The third kappa shape index (κ3) is 6.25. The molecule has 0 amide bonds. The highest BCUT2D eigenvalue weighted by atomic mass is 28.2. The smallest absolute Gasteiger partial charge is 0.272 e. The van der Waals surface area contributed by atoms with Gasteiger partial charge in [0.2, 0.25) is 0 Å². The second-order valence-electron chi connectivity index (χ2n) is 5.07. The molecule has 1 aromatic carbocycles. The highest BCUT2D eigenvalue weighted by Gasteiger charge is 2.30. The van der Waals surface area contributed by atoms with Gasteiger partial charge in [0.05, 0.1) is 0 Å². The predicted molar refractivity (Wildman–Crippen MR) is 81.3 cm³/mol. The summed E-state index contributed by atoms with van der Waals surface area (Å²) in [7, 11) is 2.98. The van der Waals surface area contributed by atoms with Crippen molar-refractivity contribution in [3.63, 3.8) is 0 Å². The summed E-state index contributed by atoms with van der Waals surface area (Å²) in [6.07, 6.45) is 2.94. The Morgan fingerprint density at radius 2 is 1.52 bits per heavy atom. The molecule has 0 fully saturated rings. The van der Waals surface area contributed by atoms with Crippen LogP contribution in [0.4, 0.5) is 13.2 Å². The Morgan fingerprint density at radius 3 is 2.09 bits per heavy atom. The molecule has 0 aliphatic heterocycles. The normalized spacial score (nSPS) is 11.9. The van der Waals surface area contributed by atoms with Crippen LogP contribution in [0.25, 0.3) is 0 Å². The molecule has 7 heteroatoms. The second kappa shape index (κ2) is 10.1. The first kappa shape index (κ1) is 20.2. The van der Waals surface area contributed by atoms with E-state index in [1.165, 1.54) is 0 Å². The van der Waals surface area contributed by atoms with E-state index in [1.807, 2.05) is 13.8 Å². The van der Waals surface area contributed by atoms with E-state index in [9.17, 15) is 13.2 Å². The van der Waals surface area contributed by atoms with Crippen LogP contribution < -0.4 is 0 Å². The zero-order chi connectivity index (χ0) is 17.3. The lowest BCUT2D eigenvalue weighted by molar-refractivity contribution is -0.344. The van der Waals surface area contributed by atoms with Gasteiger partial charge >= 0.3 is 0 Å². The van der Waals surface area contributed by atoms with Crippen LogP contribution in [0.15, 0.2) is 12.1 Å². The van der Waals surface area contributed by atoms with Crippen molar-refractivity contribution in [3.05, 3.63) is 35.1 Å². The van der Waals surface area contributed by atoms with E-state index in [-0.39, 0.29) is 5.56 Å². The van der Waals surface area contributed by atoms with Crippen molar-refractivity contribution in [1.82, 2.24) is 0 Å². The van der Waals surface area contributed by atoms with Gasteiger partial charge in [0.15, 0.2) is 11.6 Å². The van der Waals surface area contributed by atoms with Gasteiger partial charge in [-0.25, -0.2) is 13.2 Å². The number of unbranched alkanes of at least 4 members (excludes halogenated alkanes) is 2. The van der Waals surface area contributed by atoms with Crippen LogP contribution in [-0.2, 0) is 20.3 Å².